The van der Waals surface area contributed by atoms with Gasteiger partial charge in [-0.25, -0.2) is 4.98 Å². The zero-order valence-corrected chi connectivity index (χ0v) is 13.1. The van der Waals surface area contributed by atoms with Crippen LogP contribution in [-0.2, 0) is 17.8 Å². The Morgan fingerprint density at radius 3 is 2.43 bits per heavy atom. The van der Waals surface area contributed by atoms with Gasteiger partial charge in [-0.3, -0.25) is 4.79 Å². The van der Waals surface area contributed by atoms with Gasteiger partial charge in [0.25, 0.3) is 0 Å². The first-order valence-electron chi connectivity index (χ1n) is 7.23. The summed E-state index contributed by atoms with van der Waals surface area (Å²) >= 11 is 0. The van der Waals surface area contributed by atoms with Crippen molar-refractivity contribution in [3.8, 4) is 0 Å². The Balaban J connectivity index is 2.11. The fourth-order valence-corrected chi connectivity index (χ4v) is 2.32. The lowest BCUT2D eigenvalue weighted by molar-refractivity contribution is -0.133. The van der Waals surface area contributed by atoms with Crippen LogP contribution in [0.2, 0.25) is 0 Å². The Morgan fingerprint density at radius 2 is 1.90 bits per heavy atom. The molecule has 112 valence electrons. The summed E-state index contributed by atoms with van der Waals surface area (Å²) in [4.78, 5) is 18.6. The molecular formula is C17H22N2O2. The van der Waals surface area contributed by atoms with Crippen LogP contribution in [0.3, 0.4) is 0 Å². The molecule has 1 heterocycles. The summed E-state index contributed by atoms with van der Waals surface area (Å²) < 4.78 is 5.51. The van der Waals surface area contributed by atoms with Gasteiger partial charge in [0.2, 0.25) is 5.91 Å². The molecule has 0 spiro atoms. The third-order valence-corrected chi connectivity index (χ3v) is 3.45. The summed E-state index contributed by atoms with van der Waals surface area (Å²) in [6.45, 7) is 8.34. The summed E-state index contributed by atoms with van der Waals surface area (Å²) in [7, 11) is 0. The molecule has 0 N–H and O–H groups in total. The molecule has 0 saturated carbocycles. The normalized spacial score (nSPS) is 10.9. The number of aromatic nitrogens is 1. The number of amides is 1. The fraction of sp³-hybridized carbons (Fsp3) is 0.412. The monoisotopic (exact) mass is 286 g/mol. The third-order valence-electron chi connectivity index (χ3n) is 3.45. The van der Waals surface area contributed by atoms with E-state index in [-0.39, 0.29) is 18.4 Å². The average Bonchev–Trinajstić information content (AvgIpc) is 2.75. The molecule has 0 atom stereocenters. The number of carbonyl (C=O) groups is 1. The minimum Gasteiger partial charge on any atom is -0.445 e. The third kappa shape index (κ3) is 3.94. The minimum absolute atomic E-state index is 0.0631. The molecule has 0 radical (unpaired) electrons. The van der Waals surface area contributed by atoms with Crippen molar-refractivity contribution in [2.75, 3.05) is 0 Å². The summed E-state index contributed by atoms with van der Waals surface area (Å²) in [5, 5.41) is 0. The second-order valence-electron chi connectivity index (χ2n) is 5.52. The molecule has 0 fully saturated rings. The number of benzene rings is 1. The number of carbonyl (C=O) groups excluding carboxylic acids is 1. The Kier molecular flexibility index (Phi) is 4.78. The predicted molar refractivity (Wildman–Crippen MR) is 81.8 cm³/mol. The maximum absolute atomic E-state index is 12.6. The van der Waals surface area contributed by atoms with Crippen LogP contribution in [0, 0.1) is 13.8 Å². The summed E-state index contributed by atoms with van der Waals surface area (Å²) in [5.74, 6) is 1.33. The van der Waals surface area contributed by atoms with Gasteiger partial charge in [0, 0.05) is 19.5 Å². The van der Waals surface area contributed by atoms with Gasteiger partial charge in [0.05, 0.1) is 12.1 Å². The van der Waals surface area contributed by atoms with Crippen LogP contribution in [-0.4, -0.2) is 21.8 Å². The molecule has 2 aromatic rings. The van der Waals surface area contributed by atoms with Crippen molar-refractivity contribution in [3.63, 3.8) is 0 Å². The number of nitrogens with zero attached hydrogens (tertiary/aromatic N) is 2. The van der Waals surface area contributed by atoms with Gasteiger partial charge in [-0.15, -0.1) is 0 Å². The molecule has 4 nitrogen and oxygen atoms in total. The molecule has 2 rings (SSSR count). The quantitative estimate of drug-likeness (QED) is 0.847. The van der Waals surface area contributed by atoms with Gasteiger partial charge >= 0.3 is 0 Å². The molecule has 1 aromatic heterocycles. The largest absolute Gasteiger partial charge is 0.445 e. The molecule has 1 aromatic carbocycles. The first-order chi connectivity index (χ1) is 9.97. The average molecular weight is 286 g/mol. The fourth-order valence-electron chi connectivity index (χ4n) is 2.32. The van der Waals surface area contributed by atoms with Crippen molar-refractivity contribution < 1.29 is 9.21 Å². The summed E-state index contributed by atoms with van der Waals surface area (Å²) in [6.07, 6.45) is 0.262. The second kappa shape index (κ2) is 6.57. The van der Waals surface area contributed by atoms with Crippen LogP contribution >= 0.6 is 0 Å². The van der Waals surface area contributed by atoms with Gasteiger partial charge in [-0.2, -0.15) is 0 Å². The molecule has 0 aliphatic carbocycles. The number of hydrogen-bond donors (Lipinski definition) is 0. The van der Waals surface area contributed by atoms with E-state index in [1.54, 1.807) is 6.92 Å². The van der Waals surface area contributed by atoms with E-state index >= 15 is 0 Å². The Bertz CT molecular complexity index is 603. The van der Waals surface area contributed by atoms with Crippen LogP contribution in [0.5, 0.6) is 0 Å². The van der Waals surface area contributed by atoms with E-state index < -0.39 is 0 Å². The predicted octanol–water partition coefficient (Wildman–Crippen LogP) is 3.27. The Labute approximate surface area is 125 Å². The highest BCUT2D eigenvalue weighted by atomic mass is 16.4. The lowest BCUT2D eigenvalue weighted by Crippen LogP contribution is -2.37. The van der Waals surface area contributed by atoms with E-state index in [1.165, 1.54) is 0 Å². The lowest BCUT2D eigenvalue weighted by Gasteiger charge is -2.26. The van der Waals surface area contributed by atoms with Crippen LogP contribution < -0.4 is 0 Å². The molecule has 4 heteroatoms. The van der Waals surface area contributed by atoms with Crippen molar-refractivity contribution in [1.29, 1.82) is 0 Å². The van der Waals surface area contributed by atoms with Gasteiger partial charge in [0.15, 0.2) is 5.89 Å². The smallest absolute Gasteiger partial charge is 0.230 e. The summed E-state index contributed by atoms with van der Waals surface area (Å²) in [5.41, 5.74) is 1.93. The SMILES string of the molecule is Cc1nc(C)c(CC(=O)N(Cc2ccccc2)C(C)C)o1. The van der Waals surface area contributed by atoms with E-state index in [0.717, 1.165) is 11.3 Å². The Morgan fingerprint density at radius 1 is 1.24 bits per heavy atom. The first kappa shape index (κ1) is 15.3. The highest BCUT2D eigenvalue weighted by molar-refractivity contribution is 5.78. The van der Waals surface area contributed by atoms with Crippen molar-refractivity contribution in [1.82, 2.24) is 9.88 Å². The van der Waals surface area contributed by atoms with E-state index in [4.69, 9.17) is 4.42 Å². The van der Waals surface area contributed by atoms with Crippen molar-refractivity contribution >= 4 is 5.91 Å². The molecule has 21 heavy (non-hydrogen) atoms. The molecular weight excluding hydrogens is 264 g/mol. The van der Waals surface area contributed by atoms with Crippen molar-refractivity contribution in [2.45, 2.75) is 46.7 Å². The molecule has 1 amide bonds. The standard InChI is InChI=1S/C17H22N2O2/c1-12(2)19(11-15-8-6-5-7-9-15)17(20)10-16-13(3)18-14(4)21-16/h5-9,12H,10-11H2,1-4H3. The van der Waals surface area contributed by atoms with Crippen LogP contribution in [0.4, 0.5) is 0 Å². The highest BCUT2D eigenvalue weighted by Crippen LogP contribution is 2.14. The number of oxazole rings is 1. The minimum atomic E-state index is 0.0631. The number of hydrogen-bond acceptors (Lipinski definition) is 3. The van der Waals surface area contributed by atoms with Crippen LogP contribution in [0.15, 0.2) is 34.7 Å². The van der Waals surface area contributed by atoms with E-state index in [2.05, 4.69) is 4.98 Å². The second-order valence-corrected chi connectivity index (χ2v) is 5.52. The maximum atomic E-state index is 12.6. The van der Waals surface area contributed by atoms with Gasteiger partial charge in [0.1, 0.15) is 5.76 Å². The molecule has 0 saturated heterocycles. The van der Waals surface area contributed by atoms with Crippen LogP contribution in [0.1, 0.15) is 36.8 Å². The van der Waals surface area contributed by atoms with Crippen molar-refractivity contribution in [2.24, 2.45) is 0 Å². The Hall–Kier alpha value is -2.10. The number of rotatable bonds is 5. The topological polar surface area (TPSA) is 46.3 Å². The maximum Gasteiger partial charge on any atom is 0.230 e. The zero-order valence-electron chi connectivity index (χ0n) is 13.1. The number of aryl methyl sites for hydroxylation is 2. The first-order valence-corrected chi connectivity index (χ1v) is 7.23. The van der Waals surface area contributed by atoms with Gasteiger partial charge in [-0.1, -0.05) is 30.3 Å². The van der Waals surface area contributed by atoms with E-state index in [0.29, 0.717) is 18.2 Å². The lowest BCUT2D eigenvalue weighted by atomic mass is 10.1. The molecule has 0 aliphatic rings. The molecule has 0 aliphatic heterocycles. The van der Waals surface area contributed by atoms with Crippen LogP contribution in [0.25, 0.3) is 0 Å². The van der Waals surface area contributed by atoms with Gasteiger partial charge in [-0.05, 0) is 26.3 Å². The van der Waals surface area contributed by atoms with Gasteiger partial charge < -0.3 is 9.32 Å². The molecule has 0 unspecified atom stereocenters. The highest BCUT2D eigenvalue weighted by Gasteiger charge is 2.20. The van der Waals surface area contributed by atoms with E-state index in [9.17, 15) is 4.79 Å². The van der Waals surface area contributed by atoms with E-state index in [1.807, 2.05) is 56.0 Å². The summed E-state index contributed by atoms with van der Waals surface area (Å²) in [6, 6.07) is 10.2. The zero-order chi connectivity index (χ0) is 15.4. The van der Waals surface area contributed by atoms with Crippen molar-refractivity contribution in [3.05, 3.63) is 53.2 Å². The molecule has 0 bridgehead atoms.